The Bertz CT molecular complexity index is 771. The number of amides is 2. The minimum absolute atomic E-state index is 0.120. The van der Waals surface area contributed by atoms with Gasteiger partial charge in [-0.15, -0.1) is 11.8 Å². The van der Waals surface area contributed by atoms with Gasteiger partial charge in [0.25, 0.3) is 0 Å². The molecule has 0 fully saturated rings. The van der Waals surface area contributed by atoms with E-state index >= 15 is 0 Å². The van der Waals surface area contributed by atoms with E-state index in [0.29, 0.717) is 5.69 Å². The molecule has 2 aromatic rings. The molecular formula is C21H25FN2O2S. The maximum atomic E-state index is 12.9. The van der Waals surface area contributed by atoms with Crippen molar-refractivity contribution in [2.24, 2.45) is 0 Å². The molecule has 2 N–H and O–H groups in total. The maximum absolute atomic E-state index is 12.9. The Balaban J connectivity index is 1.90. The van der Waals surface area contributed by atoms with Gasteiger partial charge in [0.05, 0.1) is 11.0 Å². The van der Waals surface area contributed by atoms with Crippen LogP contribution in [0.2, 0.25) is 0 Å². The number of anilines is 2. The van der Waals surface area contributed by atoms with Gasteiger partial charge in [-0.1, -0.05) is 32.0 Å². The molecule has 0 bridgehead atoms. The third-order valence-corrected chi connectivity index (χ3v) is 5.35. The van der Waals surface area contributed by atoms with Crippen molar-refractivity contribution < 1.29 is 14.0 Å². The predicted octanol–water partition coefficient (Wildman–Crippen LogP) is 4.65. The summed E-state index contributed by atoms with van der Waals surface area (Å²) >= 11 is 1.26. The second kappa shape index (κ2) is 10.1. The summed E-state index contributed by atoms with van der Waals surface area (Å²) in [5.41, 5.74) is 3.63. The summed E-state index contributed by atoms with van der Waals surface area (Å²) in [6, 6.07) is 11.6. The van der Waals surface area contributed by atoms with Gasteiger partial charge in [-0.05, 0) is 55.2 Å². The molecule has 0 radical (unpaired) electrons. The monoisotopic (exact) mass is 388 g/mol. The second-order valence-corrected chi connectivity index (χ2v) is 7.49. The van der Waals surface area contributed by atoms with Gasteiger partial charge in [0, 0.05) is 11.4 Å². The number of carbonyl (C=O) groups excluding carboxylic acids is 2. The number of nitrogens with one attached hydrogen (secondary N) is 2. The summed E-state index contributed by atoms with van der Waals surface area (Å²) in [7, 11) is 0. The Kier molecular flexibility index (Phi) is 7.85. The van der Waals surface area contributed by atoms with Crippen molar-refractivity contribution in [1.82, 2.24) is 0 Å². The number of carbonyl (C=O) groups is 2. The molecule has 0 aliphatic heterocycles. The molecule has 0 aliphatic rings. The first kappa shape index (κ1) is 21.0. The van der Waals surface area contributed by atoms with E-state index in [1.165, 1.54) is 36.0 Å². The lowest BCUT2D eigenvalue weighted by Gasteiger charge is -2.17. The second-order valence-electron chi connectivity index (χ2n) is 6.16. The summed E-state index contributed by atoms with van der Waals surface area (Å²) in [6.45, 7) is 5.90. The highest BCUT2D eigenvalue weighted by Gasteiger charge is 2.18. The number of thioether (sulfide) groups is 1. The zero-order valence-corrected chi connectivity index (χ0v) is 16.7. The normalized spacial score (nSPS) is 11.7. The van der Waals surface area contributed by atoms with Crippen LogP contribution in [0, 0.1) is 5.82 Å². The fourth-order valence-corrected chi connectivity index (χ4v) is 3.32. The molecule has 0 saturated heterocycles. The van der Waals surface area contributed by atoms with Gasteiger partial charge >= 0.3 is 0 Å². The van der Waals surface area contributed by atoms with Gasteiger partial charge < -0.3 is 10.6 Å². The van der Waals surface area contributed by atoms with Crippen molar-refractivity contribution in [2.75, 3.05) is 16.4 Å². The van der Waals surface area contributed by atoms with Crippen LogP contribution in [0.25, 0.3) is 0 Å². The van der Waals surface area contributed by atoms with Crippen LogP contribution in [0.5, 0.6) is 0 Å². The van der Waals surface area contributed by atoms with E-state index in [2.05, 4.69) is 24.5 Å². The third kappa shape index (κ3) is 6.10. The molecule has 144 valence electrons. The number of hydrogen-bond donors (Lipinski definition) is 2. The largest absolute Gasteiger partial charge is 0.325 e. The minimum atomic E-state index is -0.376. The summed E-state index contributed by atoms with van der Waals surface area (Å²) in [6.07, 6.45) is 1.68. The molecule has 0 aromatic heterocycles. The third-order valence-electron chi connectivity index (χ3n) is 4.21. The fraction of sp³-hybridized carbons (Fsp3) is 0.333. The molecule has 4 nitrogen and oxygen atoms in total. The van der Waals surface area contributed by atoms with Crippen molar-refractivity contribution in [3.8, 4) is 0 Å². The molecule has 1 atom stereocenters. The van der Waals surface area contributed by atoms with Crippen LogP contribution >= 0.6 is 11.8 Å². The smallest absolute Gasteiger partial charge is 0.237 e. The van der Waals surface area contributed by atoms with Crippen molar-refractivity contribution in [2.45, 2.75) is 38.9 Å². The molecule has 2 aromatic carbocycles. The van der Waals surface area contributed by atoms with Gasteiger partial charge in [0.15, 0.2) is 0 Å². The highest BCUT2D eigenvalue weighted by molar-refractivity contribution is 8.01. The first-order valence-corrected chi connectivity index (χ1v) is 10.1. The van der Waals surface area contributed by atoms with Crippen molar-refractivity contribution >= 4 is 35.0 Å². The van der Waals surface area contributed by atoms with Gasteiger partial charge in [-0.2, -0.15) is 0 Å². The van der Waals surface area contributed by atoms with Crippen molar-refractivity contribution in [1.29, 1.82) is 0 Å². The van der Waals surface area contributed by atoms with E-state index in [1.54, 1.807) is 6.92 Å². The quantitative estimate of drug-likeness (QED) is 0.692. The van der Waals surface area contributed by atoms with Gasteiger partial charge in [-0.3, -0.25) is 9.59 Å². The zero-order chi connectivity index (χ0) is 19.8. The van der Waals surface area contributed by atoms with E-state index in [4.69, 9.17) is 0 Å². The van der Waals surface area contributed by atoms with E-state index in [9.17, 15) is 14.0 Å². The van der Waals surface area contributed by atoms with Crippen LogP contribution < -0.4 is 10.6 Å². The van der Waals surface area contributed by atoms with Crippen LogP contribution in [-0.2, 0) is 22.4 Å². The Morgan fingerprint density at radius 1 is 1.00 bits per heavy atom. The summed E-state index contributed by atoms with van der Waals surface area (Å²) in [5.74, 6) is -0.562. The highest BCUT2D eigenvalue weighted by Crippen LogP contribution is 2.24. The summed E-state index contributed by atoms with van der Waals surface area (Å²) in [4.78, 5) is 24.6. The van der Waals surface area contributed by atoms with Crippen LogP contribution in [0.4, 0.5) is 15.8 Å². The van der Waals surface area contributed by atoms with Gasteiger partial charge in [0.1, 0.15) is 5.82 Å². The molecule has 0 aliphatic carbocycles. The van der Waals surface area contributed by atoms with Crippen LogP contribution in [-0.4, -0.2) is 22.8 Å². The minimum Gasteiger partial charge on any atom is -0.325 e. The zero-order valence-electron chi connectivity index (χ0n) is 15.8. The molecule has 6 heteroatoms. The Labute approximate surface area is 163 Å². The van der Waals surface area contributed by atoms with Crippen molar-refractivity contribution in [3.63, 3.8) is 0 Å². The van der Waals surface area contributed by atoms with Crippen LogP contribution in [0.15, 0.2) is 42.5 Å². The number of benzene rings is 2. The van der Waals surface area contributed by atoms with E-state index < -0.39 is 0 Å². The van der Waals surface area contributed by atoms with Gasteiger partial charge in [0.2, 0.25) is 11.8 Å². The highest BCUT2D eigenvalue weighted by atomic mass is 32.2. The average Bonchev–Trinajstić information content (AvgIpc) is 2.67. The molecule has 2 rings (SSSR count). The number of para-hydroxylation sites is 1. The number of rotatable bonds is 8. The lowest BCUT2D eigenvalue weighted by atomic mass is 10.0. The molecule has 27 heavy (non-hydrogen) atoms. The fourth-order valence-electron chi connectivity index (χ4n) is 2.63. The SMILES string of the molecule is CCc1cccc(CC)c1NC(=O)[C@H](C)SCC(=O)Nc1ccc(F)cc1. The van der Waals surface area contributed by atoms with E-state index in [-0.39, 0.29) is 28.6 Å². The summed E-state index contributed by atoms with van der Waals surface area (Å²) < 4.78 is 12.9. The van der Waals surface area contributed by atoms with Crippen LogP contribution in [0.1, 0.15) is 31.9 Å². The number of halogens is 1. The van der Waals surface area contributed by atoms with Crippen LogP contribution in [0.3, 0.4) is 0 Å². The first-order valence-electron chi connectivity index (χ1n) is 9.03. The number of aryl methyl sites for hydroxylation is 2. The summed E-state index contributed by atoms with van der Waals surface area (Å²) in [5, 5.41) is 5.34. The van der Waals surface area contributed by atoms with Crippen molar-refractivity contribution in [3.05, 3.63) is 59.4 Å². The standard InChI is InChI=1S/C21H25FN2O2S/c1-4-15-7-6-8-16(5-2)20(15)24-21(26)14(3)27-13-19(25)23-18-11-9-17(22)10-12-18/h6-12,14H,4-5,13H2,1-3H3,(H,23,25)(H,24,26)/t14-/m0/s1. The molecule has 2 amide bonds. The molecule has 0 heterocycles. The average molecular weight is 389 g/mol. The Morgan fingerprint density at radius 3 is 2.15 bits per heavy atom. The predicted molar refractivity (Wildman–Crippen MR) is 111 cm³/mol. The Morgan fingerprint density at radius 2 is 1.59 bits per heavy atom. The molecule has 0 spiro atoms. The topological polar surface area (TPSA) is 58.2 Å². The Hall–Kier alpha value is -2.34. The van der Waals surface area contributed by atoms with E-state index in [1.807, 2.05) is 18.2 Å². The lowest BCUT2D eigenvalue weighted by molar-refractivity contribution is -0.115. The van der Waals surface area contributed by atoms with E-state index in [0.717, 1.165) is 29.7 Å². The molecule has 0 unspecified atom stereocenters. The number of hydrogen-bond acceptors (Lipinski definition) is 3. The van der Waals surface area contributed by atoms with Gasteiger partial charge in [-0.25, -0.2) is 4.39 Å². The molecular weight excluding hydrogens is 363 g/mol. The maximum Gasteiger partial charge on any atom is 0.237 e. The lowest BCUT2D eigenvalue weighted by Crippen LogP contribution is -2.26. The first-order chi connectivity index (χ1) is 12.9. The molecule has 0 saturated carbocycles.